The number of amides is 1. The van der Waals surface area contributed by atoms with Gasteiger partial charge in [-0.15, -0.1) is 0 Å². The molecule has 5 nitrogen and oxygen atoms in total. The second kappa shape index (κ2) is 7.38. The van der Waals surface area contributed by atoms with Gasteiger partial charge in [-0.1, -0.05) is 22.9 Å². The Hall–Kier alpha value is -1.91. The number of halogens is 1. The van der Waals surface area contributed by atoms with Crippen LogP contribution in [0, 0.1) is 11.3 Å². The number of hydrogen-bond acceptors (Lipinski definition) is 4. The van der Waals surface area contributed by atoms with Crippen LogP contribution in [0.2, 0.25) is 0 Å². The normalized spacial score (nSPS) is 15.9. The van der Waals surface area contributed by atoms with Crippen LogP contribution in [0.15, 0.2) is 28.4 Å². The summed E-state index contributed by atoms with van der Waals surface area (Å²) in [6.45, 7) is 2.51. The quantitative estimate of drug-likeness (QED) is 0.629. The van der Waals surface area contributed by atoms with E-state index < -0.39 is 0 Å². The molecule has 1 aliphatic rings. The minimum Gasteiger partial charge on any atom is -0.478 e. The number of nitriles is 1. The number of carbonyl (C=O) groups is 1. The van der Waals surface area contributed by atoms with Crippen LogP contribution < -0.4 is 10.1 Å². The molecule has 22 heavy (non-hydrogen) atoms. The Bertz CT molecular complexity index is 682. The highest BCUT2D eigenvalue weighted by Crippen LogP contribution is 2.26. The Kier molecular flexibility index (Phi) is 5.52. The zero-order chi connectivity index (χ0) is 16.1. The molecular formula is C15H14BrN3O2S. The summed E-state index contributed by atoms with van der Waals surface area (Å²) in [6, 6.07) is 7.30. The fourth-order valence-corrected chi connectivity index (χ4v) is 2.69. The maximum atomic E-state index is 12.3. The highest BCUT2D eigenvalue weighted by molar-refractivity contribution is 9.10. The molecule has 0 saturated carbocycles. The van der Waals surface area contributed by atoms with Crippen molar-refractivity contribution in [2.75, 3.05) is 13.2 Å². The largest absolute Gasteiger partial charge is 0.478 e. The third-order valence-corrected chi connectivity index (χ3v) is 3.79. The van der Waals surface area contributed by atoms with Gasteiger partial charge in [-0.3, -0.25) is 9.69 Å². The highest BCUT2D eigenvalue weighted by atomic mass is 79.9. The molecule has 114 valence electrons. The third-order valence-electron chi connectivity index (χ3n) is 2.97. The number of carbonyl (C=O) groups excluding carboxylic acids is 1. The first-order chi connectivity index (χ1) is 10.6. The van der Waals surface area contributed by atoms with Crippen LogP contribution in [0.25, 0.3) is 6.08 Å². The van der Waals surface area contributed by atoms with Gasteiger partial charge in [0.25, 0.3) is 5.91 Å². The van der Waals surface area contributed by atoms with E-state index in [-0.39, 0.29) is 12.5 Å². The van der Waals surface area contributed by atoms with Gasteiger partial charge in [0.05, 0.1) is 0 Å². The van der Waals surface area contributed by atoms with Gasteiger partial charge in [-0.05, 0) is 42.9 Å². The number of nitrogens with one attached hydrogen (secondary N) is 1. The van der Waals surface area contributed by atoms with E-state index >= 15 is 0 Å². The summed E-state index contributed by atoms with van der Waals surface area (Å²) in [5.74, 6) is 0.379. The van der Waals surface area contributed by atoms with Crippen molar-refractivity contribution in [1.29, 1.82) is 5.26 Å². The predicted molar refractivity (Wildman–Crippen MR) is 91.0 cm³/mol. The van der Waals surface area contributed by atoms with Crippen LogP contribution in [0.4, 0.5) is 0 Å². The smallest absolute Gasteiger partial charge is 0.276 e. The summed E-state index contributed by atoms with van der Waals surface area (Å²) in [5.41, 5.74) is 1.10. The molecule has 1 N–H and O–H groups in total. The minimum absolute atomic E-state index is 0.0560. The summed E-state index contributed by atoms with van der Waals surface area (Å²) in [7, 11) is 0. The van der Waals surface area contributed by atoms with Gasteiger partial charge in [-0.2, -0.15) is 5.26 Å². The molecule has 0 atom stereocenters. The Labute approximate surface area is 142 Å². The zero-order valence-electron chi connectivity index (χ0n) is 11.9. The van der Waals surface area contributed by atoms with Crippen LogP contribution in [0.5, 0.6) is 5.75 Å². The lowest BCUT2D eigenvalue weighted by Gasteiger charge is -2.11. The fraction of sp³-hybridized carbons (Fsp3) is 0.267. The van der Waals surface area contributed by atoms with E-state index in [1.165, 1.54) is 4.90 Å². The molecule has 1 aliphatic heterocycles. The van der Waals surface area contributed by atoms with Gasteiger partial charge in [0.15, 0.2) is 11.7 Å². The average Bonchev–Trinajstić information content (AvgIpc) is 2.74. The van der Waals surface area contributed by atoms with Gasteiger partial charge < -0.3 is 10.1 Å². The summed E-state index contributed by atoms with van der Waals surface area (Å²) in [5, 5.41) is 12.0. The van der Waals surface area contributed by atoms with Gasteiger partial charge in [0, 0.05) is 16.6 Å². The van der Waals surface area contributed by atoms with E-state index in [9.17, 15) is 4.79 Å². The molecular weight excluding hydrogens is 366 g/mol. The molecule has 1 heterocycles. The molecule has 0 radical (unpaired) electrons. The fourth-order valence-electron chi connectivity index (χ4n) is 2.03. The SMILES string of the molecule is CCCN1C(=O)C(=Cc2cc(Br)ccc2OCC#N)NC1=S. The molecule has 0 unspecified atom stereocenters. The lowest BCUT2D eigenvalue weighted by Crippen LogP contribution is -2.31. The number of hydrogen-bond donors (Lipinski definition) is 1. The van der Waals surface area contributed by atoms with Crippen LogP contribution in [0.3, 0.4) is 0 Å². The van der Waals surface area contributed by atoms with Crippen molar-refractivity contribution >= 4 is 45.2 Å². The number of benzene rings is 1. The Morgan fingerprint density at radius 3 is 3.00 bits per heavy atom. The summed E-state index contributed by atoms with van der Waals surface area (Å²) < 4.78 is 6.23. The molecule has 1 aromatic carbocycles. The van der Waals surface area contributed by atoms with Crippen molar-refractivity contribution in [3.63, 3.8) is 0 Å². The van der Waals surface area contributed by atoms with Gasteiger partial charge in [0.2, 0.25) is 0 Å². The Balaban J connectivity index is 2.33. The molecule has 0 bridgehead atoms. The first kappa shape index (κ1) is 16.5. The lowest BCUT2D eigenvalue weighted by molar-refractivity contribution is -0.122. The molecule has 0 aromatic heterocycles. The highest BCUT2D eigenvalue weighted by Gasteiger charge is 2.29. The van der Waals surface area contributed by atoms with Crippen LogP contribution in [0.1, 0.15) is 18.9 Å². The second-order valence-corrected chi connectivity index (χ2v) is 5.88. The molecule has 2 rings (SSSR count). The van der Waals surface area contributed by atoms with Crippen LogP contribution in [-0.4, -0.2) is 29.1 Å². The van der Waals surface area contributed by atoms with Crippen LogP contribution >= 0.6 is 28.1 Å². The number of rotatable bonds is 5. The molecule has 0 aliphatic carbocycles. The number of ether oxygens (including phenoxy) is 1. The van der Waals surface area contributed by atoms with E-state index in [2.05, 4.69) is 21.2 Å². The Morgan fingerprint density at radius 2 is 2.32 bits per heavy atom. The molecule has 1 saturated heterocycles. The molecule has 1 amide bonds. The third kappa shape index (κ3) is 3.64. The Morgan fingerprint density at radius 1 is 1.55 bits per heavy atom. The first-order valence-electron chi connectivity index (χ1n) is 6.70. The maximum Gasteiger partial charge on any atom is 0.276 e. The van der Waals surface area contributed by atoms with Crippen molar-refractivity contribution in [3.05, 3.63) is 33.9 Å². The molecule has 1 fully saturated rings. The summed E-state index contributed by atoms with van der Waals surface area (Å²) in [6.07, 6.45) is 2.51. The lowest BCUT2D eigenvalue weighted by atomic mass is 10.1. The monoisotopic (exact) mass is 379 g/mol. The first-order valence-corrected chi connectivity index (χ1v) is 7.90. The van der Waals surface area contributed by atoms with E-state index in [0.717, 1.165) is 10.9 Å². The van der Waals surface area contributed by atoms with Crippen molar-refractivity contribution in [1.82, 2.24) is 10.2 Å². The van der Waals surface area contributed by atoms with Gasteiger partial charge >= 0.3 is 0 Å². The second-order valence-electron chi connectivity index (χ2n) is 4.57. The number of nitrogens with zero attached hydrogens (tertiary/aromatic N) is 2. The van der Waals surface area contributed by atoms with Crippen LogP contribution in [-0.2, 0) is 4.79 Å². The standard InChI is InChI=1S/C15H14BrN3O2S/c1-2-6-19-14(20)12(18-15(19)22)9-10-8-11(16)3-4-13(10)21-7-5-17/h3-4,8-9H,2,6-7H2,1H3,(H,18,22). The van der Waals surface area contributed by atoms with Crippen molar-refractivity contribution in [2.24, 2.45) is 0 Å². The van der Waals surface area contributed by atoms with Gasteiger partial charge in [0.1, 0.15) is 17.5 Å². The topological polar surface area (TPSA) is 65.4 Å². The summed E-state index contributed by atoms with van der Waals surface area (Å²) >= 11 is 8.56. The van der Waals surface area contributed by atoms with E-state index in [4.69, 9.17) is 22.2 Å². The van der Waals surface area contributed by atoms with Crippen molar-refractivity contribution < 1.29 is 9.53 Å². The predicted octanol–water partition coefficient (Wildman–Crippen LogP) is 2.82. The van der Waals surface area contributed by atoms with Crippen molar-refractivity contribution in [2.45, 2.75) is 13.3 Å². The minimum atomic E-state index is -0.155. The zero-order valence-corrected chi connectivity index (χ0v) is 14.3. The van der Waals surface area contributed by atoms with E-state index in [0.29, 0.717) is 28.7 Å². The average molecular weight is 380 g/mol. The molecule has 7 heteroatoms. The summed E-state index contributed by atoms with van der Waals surface area (Å²) in [4.78, 5) is 13.9. The van der Waals surface area contributed by atoms with E-state index in [1.54, 1.807) is 12.1 Å². The van der Waals surface area contributed by atoms with E-state index in [1.807, 2.05) is 25.1 Å². The number of thiocarbonyl (C=S) groups is 1. The maximum absolute atomic E-state index is 12.3. The van der Waals surface area contributed by atoms with Gasteiger partial charge in [-0.25, -0.2) is 0 Å². The van der Waals surface area contributed by atoms with Crippen molar-refractivity contribution in [3.8, 4) is 11.8 Å². The molecule has 0 spiro atoms. The molecule has 1 aromatic rings.